The minimum Gasteiger partial charge on any atom is -0.287 e. The van der Waals surface area contributed by atoms with Crippen molar-refractivity contribution >= 4 is 33.6 Å². The molecular formula is C19H9N3O3. The number of nitro benzene ring substituents is 1. The van der Waals surface area contributed by atoms with Crippen LogP contribution in [0.25, 0.3) is 10.8 Å². The Bertz CT molecular complexity index is 1150. The zero-order valence-electron chi connectivity index (χ0n) is 12.8. The average molecular weight is 327 g/mol. The van der Waals surface area contributed by atoms with E-state index in [9.17, 15) is 20.2 Å². The van der Waals surface area contributed by atoms with Gasteiger partial charge < -0.3 is 0 Å². The molecule has 0 aliphatic heterocycles. The van der Waals surface area contributed by atoms with Crippen LogP contribution in [0.4, 0.5) is 11.4 Å². The molecule has 6 nitrogen and oxygen atoms in total. The summed E-state index contributed by atoms with van der Waals surface area (Å²) in [5.74, 6) is -0.214. The van der Waals surface area contributed by atoms with Crippen LogP contribution in [0.5, 0.6) is 0 Å². The molecule has 0 saturated heterocycles. The van der Waals surface area contributed by atoms with Crippen molar-refractivity contribution < 1.29 is 9.72 Å². The van der Waals surface area contributed by atoms with Gasteiger partial charge in [-0.1, -0.05) is 36.4 Å². The van der Waals surface area contributed by atoms with E-state index in [0.717, 1.165) is 16.8 Å². The van der Waals surface area contributed by atoms with Crippen molar-refractivity contribution in [1.29, 1.82) is 5.26 Å². The molecule has 118 valence electrons. The lowest BCUT2D eigenvalue weighted by Gasteiger charge is -2.02. The van der Waals surface area contributed by atoms with Crippen LogP contribution in [0.3, 0.4) is 0 Å². The molecule has 0 spiro atoms. The number of nitro groups is 1. The maximum absolute atomic E-state index is 12.7. The van der Waals surface area contributed by atoms with Crippen LogP contribution in [0.2, 0.25) is 0 Å². The molecule has 0 saturated carbocycles. The fraction of sp³-hybridized carbons (Fsp3) is 0. The molecular weight excluding hydrogens is 318 g/mol. The maximum Gasteiger partial charge on any atom is 0.270 e. The number of Topliss-reactive ketones (excluding diaryl/α,β-unsaturated/α-hetero) is 1. The highest BCUT2D eigenvalue weighted by atomic mass is 16.6. The van der Waals surface area contributed by atoms with Gasteiger partial charge in [-0.15, -0.1) is 0 Å². The highest BCUT2D eigenvalue weighted by Crippen LogP contribution is 2.33. The second-order valence-electron chi connectivity index (χ2n) is 5.57. The molecule has 0 aromatic heterocycles. The van der Waals surface area contributed by atoms with E-state index in [-0.39, 0.29) is 28.4 Å². The molecule has 0 bridgehead atoms. The van der Waals surface area contributed by atoms with Crippen molar-refractivity contribution in [3.8, 4) is 6.07 Å². The van der Waals surface area contributed by atoms with Crippen molar-refractivity contribution in [2.75, 3.05) is 0 Å². The van der Waals surface area contributed by atoms with E-state index in [0.29, 0.717) is 11.1 Å². The summed E-state index contributed by atoms with van der Waals surface area (Å²) in [5.41, 5.74) is 1.63. The van der Waals surface area contributed by atoms with E-state index < -0.39 is 4.92 Å². The van der Waals surface area contributed by atoms with Crippen LogP contribution in [-0.4, -0.2) is 16.4 Å². The second kappa shape index (κ2) is 5.35. The molecule has 3 aromatic rings. The summed E-state index contributed by atoms with van der Waals surface area (Å²) >= 11 is 0. The van der Waals surface area contributed by atoms with Crippen molar-refractivity contribution in [3.63, 3.8) is 0 Å². The van der Waals surface area contributed by atoms with Crippen molar-refractivity contribution in [3.05, 3.63) is 81.4 Å². The second-order valence-corrected chi connectivity index (χ2v) is 5.57. The molecule has 0 unspecified atom stereocenters. The van der Waals surface area contributed by atoms with E-state index in [1.165, 1.54) is 12.1 Å². The highest BCUT2D eigenvalue weighted by molar-refractivity contribution is 6.59. The van der Waals surface area contributed by atoms with Gasteiger partial charge in [0.15, 0.2) is 0 Å². The van der Waals surface area contributed by atoms with E-state index in [1.807, 2.05) is 36.4 Å². The first kappa shape index (κ1) is 14.7. The predicted octanol–water partition coefficient (Wildman–Crippen LogP) is 3.94. The fourth-order valence-corrected chi connectivity index (χ4v) is 3.03. The Morgan fingerprint density at radius 2 is 1.76 bits per heavy atom. The maximum atomic E-state index is 12.7. The molecule has 4 rings (SSSR count). The molecule has 0 radical (unpaired) electrons. The molecule has 25 heavy (non-hydrogen) atoms. The zero-order valence-corrected chi connectivity index (χ0v) is 12.8. The molecule has 0 N–H and O–H groups in total. The number of aliphatic imine (C=N–C) groups is 1. The standard InChI is InChI=1S/C19H9N3O3/c20-10-12-9-13(22(24)25)7-8-16(12)21-18-14-5-1-3-11-4-2-6-15(17(11)14)19(18)23/h1-9H. The van der Waals surface area contributed by atoms with Gasteiger partial charge in [0.05, 0.1) is 16.2 Å². The SMILES string of the molecule is N#Cc1cc([N+](=O)[O-])ccc1N=C1C(=O)c2cccc3cccc1c23. The van der Waals surface area contributed by atoms with Crippen LogP contribution >= 0.6 is 0 Å². The van der Waals surface area contributed by atoms with Gasteiger partial charge in [0.25, 0.3) is 5.69 Å². The van der Waals surface area contributed by atoms with Crippen molar-refractivity contribution in [1.82, 2.24) is 0 Å². The van der Waals surface area contributed by atoms with Crippen LogP contribution in [-0.2, 0) is 0 Å². The zero-order chi connectivity index (χ0) is 17.6. The quantitative estimate of drug-likeness (QED) is 0.526. The number of benzene rings is 3. The topological polar surface area (TPSA) is 96.4 Å². The van der Waals surface area contributed by atoms with Crippen molar-refractivity contribution in [2.24, 2.45) is 4.99 Å². The summed E-state index contributed by atoms with van der Waals surface area (Å²) in [5, 5.41) is 21.9. The molecule has 1 aliphatic rings. The van der Waals surface area contributed by atoms with E-state index in [2.05, 4.69) is 4.99 Å². The van der Waals surface area contributed by atoms with E-state index in [1.54, 1.807) is 6.07 Å². The smallest absolute Gasteiger partial charge is 0.270 e. The summed E-state index contributed by atoms with van der Waals surface area (Å²) in [6.07, 6.45) is 0. The van der Waals surface area contributed by atoms with E-state index >= 15 is 0 Å². The lowest BCUT2D eigenvalue weighted by Crippen LogP contribution is -2.08. The first-order chi connectivity index (χ1) is 12.1. The van der Waals surface area contributed by atoms with Gasteiger partial charge >= 0.3 is 0 Å². The van der Waals surface area contributed by atoms with Gasteiger partial charge in [-0.25, -0.2) is 4.99 Å². The minimum absolute atomic E-state index is 0.0534. The summed E-state index contributed by atoms with van der Waals surface area (Å²) in [7, 11) is 0. The Kier molecular flexibility index (Phi) is 3.15. The number of ketones is 1. The third-order valence-electron chi connectivity index (χ3n) is 4.16. The predicted molar refractivity (Wildman–Crippen MR) is 92.3 cm³/mol. The first-order valence-electron chi connectivity index (χ1n) is 7.44. The summed E-state index contributed by atoms with van der Waals surface area (Å²) in [6, 6.07) is 16.8. The number of carbonyl (C=O) groups excluding carboxylic acids is 1. The van der Waals surface area contributed by atoms with Crippen molar-refractivity contribution in [2.45, 2.75) is 0 Å². The fourth-order valence-electron chi connectivity index (χ4n) is 3.03. The third kappa shape index (κ3) is 2.18. The lowest BCUT2D eigenvalue weighted by atomic mass is 10.1. The Balaban J connectivity index is 1.93. The summed E-state index contributed by atoms with van der Waals surface area (Å²) in [4.78, 5) is 27.4. The number of hydrogen-bond acceptors (Lipinski definition) is 5. The minimum atomic E-state index is -0.574. The van der Waals surface area contributed by atoms with Crippen LogP contribution in [0.15, 0.2) is 59.6 Å². The number of nitriles is 1. The number of carbonyl (C=O) groups is 1. The molecule has 6 heteroatoms. The lowest BCUT2D eigenvalue weighted by molar-refractivity contribution is -0.384. The number of non-ortho nitro benzene ring substituents is 1. The molecule has 0 amide bonds. The van der Waals surface area contributed by atoms with Gasteiger partial charge in [0, 0.05) is 28.6 Å². The third-order valence-corrected chi connectivity index (χ3v) is 4.16. The molecule has 0 fully saturated rings. The normalized spacial score (nSPS) is 14.0. The molecule has 3 aromatic carbocycles. The molecule has 0 heterocycles. The summed E-state index contributed by atoms with van der Waals surface area (Å²) in [6.45, 7) is 0. The van der Waals surface area contributed by atoms with Crippen LogP contribution < -0.4 is 0 Å². The Morgan fingerprint density at radius 1 is 1.04 bits per heavy atom. The monoisotopic (exact) mass is 327 g/mol. The highest BCUT2D eigenvalue weighted by Gasteiger charge is 2.28. The van der Waals surface area contributed by atoms with Crippen LogP contribution in [0, 0.1) is 21.4 Å². The largest absolute Gasteiger partial charge is 0.287 e. The molecule has 0 atom stereocenters. The Morgan fingerprint density at radius 3 is 2.44 bits per heavy atom. The number of hydrogen-bond donors (Lipinski definition) is 0. The Labute approximate surface area is 141 Å². The van der Waals surface area contributed by atoms with Crippen LogP contribution in [0.1, 0.15) is 21.5 Å². The van der Waals surface area contributed by atoms with Gasteiger partial charge in [0.2, 0.25) is 5.78 Å². The first-order valence-corrected chi connectivity index (χ1v) is 7.44. The number of nitrogens with zero attached hydrogens (tertiary/aromatic N) is 3. The van der Waals surface area contributed by atoms with E-state index in [4.69, 9.17) is 0 Å². The number of rotatable bonds is 2. The summed E-state index contributed by atoms with van der Waals surface area (Å²) < 4.78 is 0. The van der Waals surface area contributed by atoms with Gasteiger partial charge in [0.1, 0.15) is 11.8 Å². The molecule has 1 aliphatic carbocycles. The van der Waals surface area contributed by atoms with Gasteiger partial charge in [-0.2, -0.15) is 5.26 Å². The van der Waals surface area contributed by atoms with Gasteiger partial charge in [-0.05, 0) is 11.5 Å². The van der Waals surface area contributed by atoms with Gasteiger partial charge in [-0.3, -0.25) is 14.9 Å². The Hall–Kier alpha value is -3.85. The average Bonchev–Trinajstić information content (AvgIpc) is 2.90.